The Hall–Kier alpha value is -1.56. The summed E-state index contributed by atoms with van der Waals surface area (Å²) in [5.41, 5.74) is 4.92. The van der Waals surface area contributed by atoms with Gasteiger partial charge < -0.3 is 10.1 Å². The minimum atomic E-state index is -0.306. The zero-order valence-electron chi connectivity index (χ0n) is 10.4. The smallest absolute Gasteiger partial charge is 0.339 e. The van der Waals surface area contributed by atoms with Gasteiger partial charge in [0.15, 0.2) is 0 Å². The second-order valence-electron chi connectivity index (χ2n) is 4.40. The van der Waals surface area contributed by atoms with E-state index in [1.165, 1.54) is 12.7 Å². The molecule has 0 bridgehead atoms. The molecule has 4 heteroatoms. The van der Waals surface area contributed by atoms with E-state index in [-0.39, 0.29) is 5.97 Å². The molecule has 1 heterocycles. The predicted molar refractivity (Wildman–Crippen MR) is 83.0 cm³/mol. The van der Waals surface area contributed by atoms with Crippen molar-refractivity contribution >= 4 is 39.9 Å². The largest absolute Gasteiger partial charge is 0.465 e. The first-order valence-corrected chi connectivity index (χ1v) is 7.03. The number of fused-ring (bicyclic) bond motifs is 2. The molecule has 0 unspecified atom stereocenters. The van der Waals surface area contributed by atoms with Crippen LogP contribution in [0, 0.1) is 3.57 Å². The summed E-state index contributed by atoms with van der Waals surface area (Å²) in [7, 11) is 1.41. The van der Waals surface area contributed by atoms with E-state index in [1.807, 2.05) is 30.3 Å². The first-order chi connectivity index (χ1) is 9.20. The van der Waals surface area contributed by atoms with Crippen molar-refractivity contribution in [2.75, 3.05) is 12.4 Å². The molecule has 1 N–H and O–H groups in total. The van der Waals surface area contributed by atoms with E-state index < -0.39 is 0 Å². The topological polar surface area (TPSA) is 38.3 Å². The van der Waals surface area contributed by atoms with Crippen LogP contribution >= 0.6 is 22.6 Å². The Bertz CT molecular complexity index is 667. The lowest BCUT2D eigenvalue weighted by Gasteiger charge is -2.24. The van der Waals surface area contributed by atoms with Crippen LogP contribution in [0.1, 0.15) is 21.5 Å². The Balaban J connectivity index is 2.16. The summed E-state index contributed by atoms with van der Waals surface area (Å²) < 4.78 is 6.00. The molecule has 0 aromatic heterocycles. The number of nitrogens with one attached hydrogen (secondary N) is 1. The molecule has 0 aliphatic carbocycles. The molecule has 0 fully saturated rings. The van der Waals surface area contributed by atoms with Gasteiger partial charge >= 0.3 is 5.97 Å². The van der Waals surface area contributed by atoms with Gasteiger partial charge in [0, 0.05) is 15.7 Å². The predicted octanol–water partition coefficient (Wildman–Crippen LogP) is 3.73. The molecule has 2 aromatic rings. The van der Waals surface area contributed by atoms with E-state index in [2.05, 4.69) is 34.0 Å². The number of ether oxygens (including phenoxy) is 1. The molecule has 0 amide bonds. The van der Waals surface area contributed by atoms with Gasteiger partial charge in [0.25, 0.3) is 0 Å². The van der Waals surface area contributed by atoms with E-state index >= 15 is 0 Å². The number of methoxy groups -OCH3 is 1. The fourth-order valence-electron chi connectivity index (χ4n) is 2.34. The molecule has 3 rings (SSSR count). The van der Waals surface area contributed by atoms with E-state index in [1.54, 1.807) is 0 Å². The number of hydrogen-bond acceptors (Lipinski definition) is 3. The minimum absolute atomic E-state index is 0.306. The Morgan fingerprint density at radius 3 is 2.84 bits per heavy atom. The van der Waals surface area contributed by atoms with Gasteiger partial charge in [-0.1, -0.05) is 18.2 Å². The van der Waals surface area contributed by atoms with E-state index in [0.29, 0.717) is 5.56 Å². The molecular weight excluding hydrogens is 353 g/mol. The van der Waals surface area contributed by atoms with Crippen molar-refractivity contribution in [2.45, 2.75) is 6.42 Å². The number of benzene rings is 2. The number of carbonyl (C=O) groups excluding carboxylic acids is 1. The van der Waals surface area contributed by atoms with Gasteiger partial charge in [-0.3, -0.25) is 0 Å². The first kappa shape index (κ1) is 12.5. The van der Waals surface area contributed by atoms with E-state index in [9.17, 15) is 4.79 Å². The number of esters is 1. The number of carbonyl (C=O) groups is 1. The van der Waals surface area contributed by atoms with Gasteiger partial charge in [0.2, 0.25) is 0 Å². The lowest BCUT2D eigenvalue weighted by molar-refractivity contribution is 0.0602. The molecule has 0 spiro atoms. The van der Waals surface area contributed by atoms with E-state index in [4.69, 9.17) is 4.74 Å². The Labute approximate surface area is 125 Å². The quantitative estimate of drug-likeness (QED) is 0.528. The molecule has 1 aliphatic heterocycles. The maximum absolute atomic E-state index is 11.8. The van der Waals surface area contributed by atoms with Crippen molar-refractivity contribution in [2.24, 2.45) is 0 Å². The van der Waals surface area contributed by atoms with Crippen LogP contribution in [0.3, 0.4) is 0 Å². The number of anilines is 2. The maximum atomic E-state index is 11.8. The Morgan fingerprint density at radius 1 is 1.26 bits per heavy atom. The highest BCUT2D eigenvalue weighted by Gasteiger charge is 2.22. The van der Waals surface area contributed by atoms with Gasteiger partial charge in [0.1, 0.15) is 0 Å². The highest BCUT2D eigenvalue weighted by atomic mass is 127. The summed E-state index contributed by atoms with van der Waals surface area (Å²) in [4.78, 5) is 11.8. The molecule has 0 radical (unpaired) electrons. The average Bonchev–Trinajstić information content (AvgIpc) is 2.45. The third-order valence-corrected chi connectivity index (χ3v) is 4.32. The van der Waals surface area contributed by atoms with Gasteiger partial charge in [-0.2, -0.15) is 0 Å². The lowest BCUT2D eigenvalue weighted by atomic mass is 9.95. The standard InChI is InChI=1S/C15H12INO2/c1-19-15(18)10-6-7-12(16)11-8-9-4-2-3-5-13(9)17-14(10)11/h2-7,17H,8H2,1H3. The second-order valence-corrected chi connectivity index (χ2v) is 5.56. The van der Waals surface area contributed by atoms with Crippen LogP contribution in [0.25, 0.3) is 0 Å². The van der Waals surface area contributed by atoms with Crippen LogP contribution in [0.2, 0.25) is 0 Å². The molecule has 96 valence electrons. The molecule has 1 aliphatic rings. The summed E-state index contributed by atoms with van der Waals surface area (Å²) in [6.07, 6.45) is 0.835. The number of halogens is 1. The van der Waals surface area contributed by atoms with Crippen molar-refractivity contribution in [1.82, 2.24) is 0 Å². The molecule has 0 saturated heterocycles. The highest BCUT2D eigenvalue weighted by molar-refractivity contribution is 14.1. The van der Waals surface area contributed by atoms with Gasteiger partial charge in [-0.25, -0.2) is 4.79 Å². The summed E-state index contributed by atoms with van der Waals surface area (Å²) in [5, 5.41) is 3.36. The lowest BCUT2D eigenvalue weighted by Crippen LogP contribution is -2.14. The van der Waals surface area contributed by atoms with Crippen LogP contribution in [0.4, 0.5) is 11.4 Å². The summed E-state index contributed by atoms with van der Waals surface area (Å²) >= 11 is 2.30. The number of rotatable bonds is 1. The fourth-order valence-corrected chi connectivity index (χ4v) is 2.98. The normalized spacial score (nSPS) is 12.1. The molecule has 19 heavy (non-hydrogen) atoms. The summed E-state index contributed by atoms with van der Waals surface area (Å²) in [6.45, 7) is 0. The van der Waals surface area contributed by atoms with Gasteiger partial charge in [-0.05, 0) is 51.9 Å². The summed E-state index contributed by atoms with van der Waals surface area (Å²) in [6, 6.07) is 11.9. The van der Waals surface area contributed by atoms with E-state index in [0.717, 1.165) is 26.9 Å². The van der Waals surface area contributed by atoms with Crippen molar-refractivity contribution < 1.29 is 9.53 Å². The average molecular weight is 365 g/mol. The monoisotopic (exact) mass is 365 g/mol. The summed E-state index contributed by atoms with van der Waals surface area (Å²) in [5.74, 6) is -0.306. The fraction of sp³-hybridized carbons (Fsp3) is 0.133. The van der Waals surface area contributed by atoms with Crippen molar-refractivity contribution in [3.05, 3.63) is 56.7 Å². The number of para-hydroxylation sites is 1. The molecule has 0 saturated carbocycles. The molecule has 2 aromatic carbocycles. The van der Waals surface area contributed by atoms with Crippen LogP contribution in [0.5, 0.6) is 0 Å². The second kappa shape index (κ2) is 4.85. The molecule has 3 nitrogen and oxygen atoms in total. The molecular formula is C15H12INO2. The highest BCUT2D eigenvalue weighted by Crippen LogP contribution is 2.37. The van der Waals surface area contributed by atoms with Crippen LogP contribution in [0.15, 0.2) is 36.4 Å². The third kappa shape index (κ3) is 2.10. The molecule has 0 atom stereocenters. The Kier molecular flexibility index (Phi) is 3.18. The van der Waals surface area contributed by atoms with Gasteiger partial charge in [-0.15, -0.1) is 0 Å². The third-order valence-electron chi connectivity index (χ3n) is 3.31. The van der Waals surface area contributed by atoms with Gasteiger partial charge in [0.05, 0.1) is 18.4 Å². The maximum Gasteiger partial charge on any atom is 0.339 e. The van der Waals surface area contributed by atoms with Crippen LogP contribution in [-0.4, -0.2) is 13.1 Å². The zero-order chi connectivity index (χ0) is 13.4. The van der Waals surface area contributed by atoms with Crippen molar-refractivity contribution in [3.8, 4) is 0 Å². The number of hydrogen-bond donors (Lipinski definition) is 1. The van der Waals surface area contributed by atoms with Crippen LogP contribution in [-0.2, 0) is 11.2 Å². The van der Waals surface area contributed by atoms with Crippen LogP contribution < -0.4 is 5.32 Å². The first-order valence-electron chi connectivity index (χ1n) is 5.95. The Morgan fingerprint density at radius 2 is 2.05 bits per heavy atom. The SMILES string of the molecule is COC(=O)c1ccc(I)c2c1Nc1ccccc1C2. The zero-order valence-corrected chi connectivity index (χ0v) is 12.5. The van der Waals surface area contributed by atoms with Crippen molar-refractivity contribution in [1.29, 1.82) is 0 Å². The minimum Gasteiger partial charge on any atom is -0.465 e. The van der Waals surface area contributed by atoms with Crippen molar-refractivity contribution in [3.63, 3.8) is 0 Å².